The fourth-order valence-electron chi connectivity index (χ4n) is 2.70. The maximum absolute atomic E-state index is 12.1. The number of nitrogens with two attached hydrogens (primary N) is 1. The molecule has 0 aliphatic heterocycles. The van der Waals surface area contributed by atoms with Gasteiger partial charge in [0.15, 0.2) is 0 Å². The Hall–Kier alpha value is -1.42. The summed E-state index contributed by atoms with van der Waals surface area (Å²) in [5.74, 6) is 0.993. The number of aryl methyl sites for hydroxylation is 1. The number of hydrogen-bond donors (Lipinski definition) is 1. The molecule has 4 nitrogen and oxygen atoms in total. The van der Waals surface area contributed by atoms with Crippen molar-refractivity contribution in [3.05, 3.63) is 23.0 Å². The van der Waals surface area contributed by atoms with Crippen LogP contribution in [0.4, 0.5) is 0 Å². The van der Waals surface area contributed by atoms with Crippen LogP contribution in [-0.2, 0) is 11.2 Å². The lowest BCUT2D eigenvalue weighted by Gasteiger charge is -2.37. The maximum Gasteiger partial charge on any atom is 0.140 e. The molecule has 1 aromatic heterocycles. The van der Waals surface area contributed by atoms with Crippen molar-refractivity contribution in [1.82, 2.24) is 4.98 Å². The van der Waals surface area contributed by atoms with Gasteiger partial charge in [0.2, 0.25) is 0 Å². The summed E-state index contributed by atoms with van der Waals surface area (Å²) in [6, 6.07) is 0. The van der Waals surface area contributed by atoms with Crippen molar-refractivity contribution >= 4 is 5.78 Å². The predicted octanol–water partition coefficient (Wildman–Crippen LogP) is 2.09. The molecule has 1 saturated carbocycles. The van der Waals surface area contributed by atoms with E-state index in [-0.39, 0.29) is 11.3 Å². The molecule has 1 aliphatic carbocycles. The van der Waals surface area contributed by atoms with Crippen molar-refractivity contribution in [2.75, 3.05) is 7.11 Å². The summed E-state index contributed by atoms with van der Waals surface area (Å²) < 4.78 is 5.36. The molecule has 0 spiro atoms. The number of carbonyl (C=O) groups excluding carboxylic acids is 1. The van der Waals surface area contributed by atoms with Gasteiger partial charge >= 0.3 is 0 Å². The first-order chi connectivity index (χ1) is 8.95. The summed E-state index contributed by atoms with van der Waals surface area (Å²) in [6.07, 6.45) is 5.63. The standard InChI is InChI=1S/C15H22N2O2/c1-10-9-17-13(11(2)14(10)19-3)7-12(18)8-15(16)5-4-6-15/h9H,4-8,16H2,1-3H3. The number of methoxy groups -OCH3 is 1. The zero-order chi connectivity index (χ0) is 14.0. The molecule has 19 heavy (non-hydrogen) atoms. The second-order valence-electron chi connectivity index (χ2n) is 5.65. The number of aromatic nitrogens is 1. The van der Waals surface area contributed by atoms with Crippen molar-refractivity contribution in [2.24, 2.45) is 5.73 Å². The Balaban J connectivity index is 2.08. The fourth-order valence-corrected chi connectivity index (χ4v) is 2.70. The van der Waals surface area contributed by atoms with Gasteiger partial charge < -0.3 is 10.5 Å². The lowest BCUT2D eigenvalue weighted by atomic mass is 9.74. The van der Waals surface area contributed by atoms with Crippen LogP contribution in [0, 0.1) is 13.8 Å². The smallest absolute Gasteiger partial charge is 0.140 e. The molecule has 0 bridgehead atoms. The van der Waals surface area contributed by atoms with Crippen molar-refractivity contribution in [2.45, 2.75) is 51.5 Å². The first-order valence-corrected chi connectivity index (χ1v) is 6.75. The van der Waals surface area contributed by atoms with Gasteiger partial charge in [-0.25, -0.2) is 0 Å². The molecule has 0 saturated heterocycles. The normalized spacial score (nSPS) is 16.8. The van der Waals surface area contributed by atoms with E-state index in [1.807, 2.05) is 13.8 Å². The van der Waals surface area contributed by atoms with Gasteiger partial charge in [-0.1, -0.05) is 0 Å². The zero-order valence-electron chi connectivity index (χ0n) is 12.0. The molecule has 1 fully saturated rings. The maximum atomic E-state index is 12.1. The Morgan fingerprint density at radius 3 is 2.68 bits per heavy atom. The molecule has 1 aromatic rings. The molecule has 1 aliphatic rings. The van der Waals surface area contributed by atoms with E-state index in [4.69, 9.17) is 10.5 Å². The Morgan fingerprint density at radius 2 is 2.16 bits per heavy atom. The highest BCUT2D eigenvalue weighted by atomic mass is 16.5. The summed E-state index contributed by atoms with van der Waals surface area (Å²) in [7, 11) is 1.64. The van der Waals surface area contributed by atoms with Crippen molar-refractivity contribution < 1.29 is 9.53 Å². The highest BCUT2D eigenvalue weighted by molar-refractivity contribution is 5.82. The number of Topliss-reactive ketones (excluding diaryl/α,β-unsaturated/α-hetero) is 1. The summed E-state index contributed by atoms with van der Waals surface area (Å²) in [6.45, 7) is 3.90. The van der Waals surface area contributed by atoms with Gasteiger partial charge in [0.25, 0.3) is 0 Å². The van der Waals surface area contributed by atoms with Crippen LogP contribution in [0.15, 0.2) is 6.20 Å². The average molecular weight is 262 g/mol. The van der Waals surface area contributed by atoms with Crippen LogP contribution in [-0.4, -0.2) is 23.4 Å². The Bertz CT molecular complexity index is 493. The van der Waals surface area contributed by atoms with Crippen LogP contribution in [0.2, 0.25) is 0 Å². The van der Waals surface area contributed by atoms with E-state index < -0.39 is 0 Å². The van der Waals surface area contributed by atoms with E-state index in [0.717, 1.165) is 41.8 Å². The molecule has 4 heteroatoms. The van der Waals surface area contributed by atoms with Crippen LogP contribution in [0.3, 0.4) is 0 Å². The molecule has 0 unspecified atom stereocenters. The van der Waals surface area contributed by atoms with Gasteiger partial charge in [-0.05, 0) is 33.1 Å². The fraction of sp³-hybridized carbons (Fsp3) is 0.600. The van der Waals surface area contributed by atoms with Crippen LogP contribution in [0.25, 0.3) is 0 Å². The Kier molecular flexibility index (Phi) is 3.90. The topological polar surface area (TPSA) is 65.2 Å². The molecule has 1 heterocycles. The van der Waals surface area contributed by atoms with Crippen LogP contribution in [0.1, 0.15) is 42.5 Å². The molecule has 104 valence electrons. The van der Waals surface area contributed by atoms with Crippen molar-refractivity contribution in [3.8, 4) is 5.75 Å². The van der Waals surface area contributed by atoms with E-state index in [2.05, 4.69) is 4.98 Å². The predicted molar refractivity (Wildman–Crippen MR) is 74.4 cm³/mol. The second kappa shape index (κ2) is 5.29. The second-order valence-corrected chi connectivity index (χ2v) is 5.65. The van der Waals surface area contributed by atoms with Crippen LogP contribution < -0.4 is 10.5 Å². The number of rotatable bonds is 5. The minimum atomic E-state index is -0.250. The van der Waals surface area contributed by atoms with Gasteiger partial charge in [-0.3, -0.25) is 9.78 Å². The molecule has 2 N–H and O–H groups in total. The van der Waals surface area contributed by atoms with E-state index in [9.17, 15) is 4.79 Å². The molecular weight excluding hydrogens is 240 g/mol. The number of nitrogens with zero attached hydrogens (tertiary/aromatic N) is 1. The summed E-state index contributed by atoms with van der Waals surface area (Å²) in [5.41, 5.74) is 8.61. The van der Waals surface area contributed by atoms with Gasteiger partial charge in [-0.2, -0.15) is 0 Å². The Labute approximate surface area is 114 Å². The average Bonchev–Trinajstić information content (AvgIpc) is 2.31. The third-order valence-electron chi connectivity index (χ3n) is 4.01. The summed E-state index contributed by atoms with van der Waals surface area (Å²) in [5, 5.41) is 0. The number of carbonyl (C=O) groups is 1. The minimum Gasteiger partial charge on any atom is -0.496 e. The summed E-state index contributed by atoms with van der Waals surface area (Å²) >= 11 is 0. The minimum absolute atomic E-state index is 0.170. The molecule has 0 atom stereocenters. The highest BCUT2D eigenvalue weighted by Gasteiger charge is 2.34. The summed E-state index contributed by atoms with van der Waals surface area (Å²) in [4.78, 5) is 16.5. The number of pyridine rings is 1. The third-order valence-corrected chi connectivity index (χ3v) is 4.01. The van der Waals surface area contributed by atoms with E-state index >= 15 is 0 Å². The monoisotopic (exact) mass is 262 g/mol. The number of hydrogen-bond acceptors (Lipinski definition) is 4. The van der Waals surface area contributed by atoms with E-state index in [1.165, 1.54) is 0 Å². The largest absolute Gasteiger partial charge is 0.496 e. The van der Waals surface area contributed by atoms with Gasteiger partial charge in [-0.15, -0.1) is 0 Å². The van der Waals surface area contributed by atoms with Gasteiger partial charge in [0.05, 0.1) is 12.8 Å². The van der Waals surface area contributed by atoms with Crippen LogP contribution >= 0.6 is 0 Å². The lowest BCUT2D eigenvalue weighted by Crippen LogP contribution is -2.48. The first-order valence-electron chi connectivity index (χ1n) is 6.75. The molecule has 0 amide bonds. The quantitative estimate of drug-likeness (QED) is 0.882. The van der Waals surface area contributed by atoms with Crippen molar-refractivity contribution in [3.63, 3.8) is 0 Å². The van der Waals surface area contributed by atoms with Crippen molar-refractivity contribution in [1.29, 1.82) is 0 Å². The third kappa shape index (κ3) is 2.95. The van der Waals surface area contributed by atoms with Crippen LogP contribution in [0.5, 0.6) is 5.75 Å². The number of ketones is 1. The van der Waals surface area contributed by atoms with Gasteiger partial charge in [0.1, 0.15) is 11.5 Å². The van der Waals surface area contributed by atoms with Gasteiger partial charge in [0, 0.05) is 35.7 Å². The van der Waals surface area contributed by atoms with E-state index in [1.54, 1.807) is 13.3 Å². The molecule has 0 radical (unpaired) electrons. The van der Waals surface area contributed by atoms with E-state index in [0.29, 0.717) is 12.8 Å². The Morgan fingerprint density at radius 1 is 1.47 bits per heavy atom. The SMILES string of the molecule is COc1c(C)cnc(CC(=O)CC2(N)CCC2)c1C. The highest BCUT2D eigenvalue weighted by Crippen LogP contribution is 2.33. The molecule has 2 rings (SSSR count). The number of ether oxygens (including phenoxy) is 1. The lowest BCUT2D eigenvalue weighted by molar-refractivity contribution is -0.120. The zero-order valence-corrected chi connectivity index (χ0v) is 12.0. The molecular formula is C15H22N2O2. The first kappa shape index (κ1) is 14.0. The molecule has 0 aromatic carbocycles.